The van der Waals surface area contributed by atoms with Crippen LogP contribution >= 0.6 is 0 Å². The maximum Gasteiger partial charge on any atom is 0.321 e. The summed E-state index contributed by atoms with van der Waals surface area (Å²) in [6.07, 6.45) is 1.73. The van der Waals surface area contributed by atoms with Gasteiger partial charge in [0.1, 0.15) is 0 Å². The van der Waals surface area contributed by atoms with Gasteiger partial charge in [0.15, 0.2) is 0 Å². The fourth-order valence-corrected chi connectivity index (χ4v) is 1.64. The zero-order valence-electron chi connectivity index (χ0n) is 11.1. The molecule has 0 aliphatic carbocycles. The highest BCUT2D eigenvalue weighted by Crippen LogP contribution is 2.04. The molecule has 1 aromatic rings. The van der Waals surface area contributed by atoms with Crippen molar-refractivity contribution >= 4 is 11.9 Å². The van der Waals surface area contributed by atoms with Gasteiger partial charge in [-0.3, -0.25) is 15.0 Å². The highest BCUT2D eigenvalue weighted by molar-refractivity contribution is 5.95. The first-order chi connectivity index (χ1) is 9.15. The molecule has 0 spiro atoms. The molecule has 0 unspecified atom stereocenters. The monoisotopic (exact) mass is 261 g/mol. The van der Waals surface area contributed by atoms with E-state index in [1.165, 1.54) is 7.05 Å². The Morgan fingerprint density at radius 2 is 2.00 bits per heavy atom. The number of urea groups is 1. The van der Waals surface area contributed by atoms with Crippen molar-refractivity contribution in [3.8, 4) is 0 Å². The number of amides is 3. The van der Waals surface area contributed by atoms with E-state index in [4.69, 9.17) is 0 Å². The second-order valence-corrected chi connectivity index (χ2v) is 4.07. The molecular weight excluding hydrogens is 242 g/mol. The molecule has 0 atom stereocenters. The molecule has 0 aliphatic heterocycles. The lowest BCUT2D eigenvalue weighted by atomic mass is 10.2. The maximum atomic E-state index is 11.6. The van der Waals surface area contributed by atoms with Crippen molar-refractivity contribution in [3.05, 3.63) is 48.6 Å². The van der Waals surface area contributed by atoms with Gasteiger partial charge in [-0.1, -0.05) is 36.4 Å². The predicted octanol–water partition coefficient (Wildman–Crippen LogP) is 1.13. The summed E-state index contributed by atoms with van der Waals surface area (Å²) in [5.74, 6) is -0.336. The summed E-state index contributed by atoms with van der Waals surface area (Å²) in [6, 6.07) is 9.33. The van der Waals surface area contributed by atoms with Gasteiger partial charge in [0.25, 0.3) is 0 Å². The van der Waals surface area contributed by atoms with Crippen LogP contribution < -0.4 is 10.6 Å². The molecule has 19 heavy (non-hydrogen) atoms. The lowest BCUT2D eigenvalue weighted by Gasteiger charge is -2.19. The lowest BCUT2D eigenvalue weighted by Crippen LogP contribution is -2.43. The molecule has 0 bridgehead atoms. The lowest BCUT2D eigenvalue weighted by molar-refractivity contribution is -0.121. The second kappa shape index (κ2) is 8.05. The molecule has 5 nitrogen and oxygen atoms in total. The summed E-state index contributed by atoms with van der Waals surface area (Å²) < 4.78 is 0. The van der Waals surface area contributed by atoms with Gasteiger partial charge in [0.2, 0.25) is 5.91 Å². The van der Waals surface area contributed by atoms with Crippen molar-refractivity contribution in [2.45, 2.75) is 6.54 Å². The molecule has 5 heteroatoms. The molecule has 1 rings (SSSR count). The fourth-order valence-electron chi connectivity index (χ4n) is 1.64. The van der Waals surface area contributed by atoms with Gasteiger partial charge >= 0.3 is 6.03 Å². The Kier molecular flexibility index (Phi) is 6.32. The van der Waals surface area contributed by atoms with Crippen molar-refractivity contribution in [1.29, 1.82) is 0 Å². The summed E-state index contributed by atoms with van der Waals surface area (Å²) >= 11 is 0. The maximum absolute atomic E-state index is 11.6. The van der Waals surface area contributed by atoms with E-state index < -0.39 is 6.03 Å². The normalized spacial score (nSPS) is 10.0. The van der Waals surface area contributed by atoms with Gasteiger partial charge in [-0.05, 0) is 5.56 Å². The first-order valence-corrected chi connectivity index (χ1v) is 6.04. The van der Waals surface area contributed by atoms with Gasteiger partial charge in [0.05, 0.1) is 6.54 Å². The number of rotatable bonds is 6. The Labute approximate surface area is 113 Å². The Balaban J connectivity index is 2.55. The zero-order valence-corrected chi connectivity index (χ0v) is 11.1. The van der Waals surface area contributed by atoms with E-state index in [0.717, 1.165) is 5.56 Å². The van der Waals surface area contributed by atoms with Crippen molar-refractivity contribution in [2.75, 3.05) is 20.1 Å². The third kappa shape index (κ3) is 5.83. The quantitative estimate of drug-likeness (QED) is 0.755. The Bertz CT molecular complexity index is 432. The van der Waals surface area contributed by atoms with Crippen LogP contribution in [-0.2, 0) is 11.3 Å². The van der Waals surface area contributed by atoms with Crippen molar-refractivity contribution in [2.24, 2.45) is 0 Å². The molecule has 0 aromatic heterocycles. The van der Waals surface area contributed by atoms with Gasteiger partial charge in [-0.25, -0.2) is 4.79 Å². The van der Waals surface area contributed by atoms with Crippen LogP contribution in [0.15, 0.2) is 43.0 Å². The number of carbonyl (C=O) groups is 2. The van der Waals surface area contributed by atoms with Crippen LogP contribution in [0.3, 0.4) is 0 Å². The molecule has 2 N–H and O–H groups in total. The van der Waals surface area contributed by atoms with Gasteiger partial charge < -0.3 is 5.32 Å². The van der Waals surface area contributed by atoms with E-state index in [1.807, 2.05) is 35.2 Å². The highest BCUT2D eigenvalue weighted by Gasteiger charge is 2.11. The third-order valence-corrected chi connectivity index (χ3v) is 2.48. The number of hydrogen-bond acceptors (Lipinski definition) is 3. The SMILES string of the molecule is C=CCN(CC(=O)NC(=O)NC)Cc1ccccc1. The van der Waals surface area contributed by atoms with E-state index in [-0.39, 0.29) is 12.5 Å². The molecular formula is C14H19N3O2. The summed E-state index contributed by atoms with van der Waals surface area (Å²) in [4.78, 5) is 24.6. The number of imide groups is 1. The van der Waals surface area contributed by atoms with Gasteiger partial charge in [-0.15, -0.1) is 6.58 Å². The van der Waals surface area contributed by atoms with Crippen LogP contribution in [-0.4, -0.2) is 37.0 Å². The minimum atomic E-state index is -0.497. The molecule has 0 saturated heterocycles. The largest absolute Gasteiger partial charge is 0.341 e. The molecule has 0 radical (unpaired) electrons. The van der Waals surface area contributed by atoms with E-state index in [2.05, 4.69) is 17.2 Å². The van der Waals surface area contributed by atoms with Crippen LogP contribution in [0.4, 0.5) is 4.79 Å². The number of nitrogens with zero attached hydrogens (tertiary/aromatic N) is 1. The Hall–Kier alpha value is -2.14. The molecule has 3 amide bonds. The number of carbonyl (C=O) groups excluding carboxylic acids is 2. The smallest absolute Gasteiger partial charge is 0.321 e. The molecule has 0 aliphatic rings. The van der Waals surface area contributed by atoms with Crippen LogP contribution in [0.25, 0.3) is 0 Å². The number of nitrogens with one attached hydrogen (secondary N) is 2. The Morgan fingerprint density at radius 1 is 1.32 bits per heavy atom. The average molecular weight is 261 g/mol. The number of hydrogen-bond donors (Lipinski definition) is 2. The third-order valence-electron chi connectivity index (χ3n) is 2.48. The summed E-state index contributed by atoms with van der Waals surface area (Å²) in [5, 5.41) is 4.58. The van der Waals surface area contributed by atoms with E-state index in [0.29, 0.717) is 13.1 Å². The number of benzene rings is 1. The second-order valence-electron chi connectivity index (χ2n) is 4.07. The first kappa shape index (κ1) is 14.9. The minimum Gasteiger partial charge on any atom is -0.341 e. The van der Waals surface area contributed by atoms with Crippen LogP contribution in [0.5, 0.6) is 0 Å². The fraction of sp³-hybridized carbons (Fsp3) is 0.286. The average Bonchev–Trinajstić information content (AvgIpc) is 2.39. The molecule has 1 aromatic carbocycles. The van der Waals surface area contributed by atoms with Crippen molar-refractivity contribution < 1.29 is 9.59 Å². The predicted molar refractivity (Wildman–Crippen MR) is 74.5 cm³/mol. The van der Waals surface area contributed by atoms with Gasteiger partial charge in [0, 0.05) is 20.1 Å². The highest BCUT2D eigenvalue weighted by atomic mass is 16.2. The topological polar surface area (TPSA) is 61.4 Å². The van der Waals surface area contributed by atoms with Gasteiger partial charge in [-0.2, -0.15) is 0 Å². The van der Waals surface area contributed by atoms with Crippen LogP contribution in [0, 0.1) is 0 Å². The molecule has 102 valence electrons. The summed E-state index contributed by atoms with van der Waals surface area (Å²) in [7, 11) is 1.47. The molecule has 0 saturated carbocycles. The van der Waals surface area contributed by atoms with E-state index in [1.54, 1.807) is 6.08 Å². The van der Waals surface area contributed by atoms with Crippen LogP contribution in [0.2, 0.25) is 0 Å². The standard InChI is InChI=1S/C14H19N3O2/c1-3-9-17(10-12-7-5-4-6-8-12)11-13(18)16-14(19)15-2/h3-8H,1,9-11H2,2H3,(H2,15,16,18,19). The zero-order chi connectivity index (χ0) is 14.1. The Morgan fingerprint density at radius 3 is 2.58 bits per heavy atom. The van der Waals surface area contributed by atoms with E-state index in [9.17, 15) is 9.59 Å². The molecule has 0 fully saturated rings. The minimum absolute atomic E-state index is 0.147. The van der Waals surface area contributed by atoms with Crippen molar-refractivity contribution in [3.63, 3.8) is 0 Å². The summed E-state index contributed by atoms with van der Waals surface area (Å²) in [5.41, 5.74) is 1.11. The van der Waals surface area contributed by atoms with Crippen LogP contribution in [0.1, 0.15) is 5.56 Å². The summed E-state index contributed by atoms with van der Waals surface area (Å²) in [6.45, 7) is 5.03. The molecule has 0 heterocycles. The van der Waals surface area contributed by atoms with E-state index >= 15 is 0 Å². The first-order valence-electron chi connectivity index (χ1n) is 6.04. The van der Waals surface area contributed by atoms with Crippen molar-refractivity contribution in [1.82, 2.24) is 15.5 Å².